The summed E-state index contributed by atoms with van der Waals surface area (Å²) in [5, 5.41) is 11.7. The van der Waals surface area contributed by atoms with E-state index in [2.05, 4.69) is 11.9 Å². The largest absolute Gasteiger partial charge is 0.480 e. The van der Waals surface area contributed by atoms with Crippen LogP contribution in [0.3, 0.4) is 0 Å². The van der Waals surface area contributed by atoms with E-state index in [1.807, 2.05) is 30.3 Å². The first-order valence-corrected chi connectivity index (χ1v) is 6.88. The Hall–Kier alpha value is -2.14. The van der Waals surface area contributed by atoms with Crippen molar-refractivity contribution in [3.8, 4) is 0 Å². The quantitative estimate of drug-likeness (QED) is 0.509. The van der Waals surface area contributed by atoms with Gasteiger partial charge in [-0.25, -0.2) is 4.79 Å². The molecule has 0 saturated carbocycles. The second-order valence-corrected chi connectivity index (χ2v) is 4.62. The van der Waals surface area contributed by atoms with E-state index in [1.54, 1.807) is 6.08 Å². The third kappa shape index (κ3) is 7.27. The molecule has 5 nitrogen and oxygen atoms in total. The fourth-order valence-electron chi connectivity index (χ4n) is 1.82. The molecule has 0 aliphatic rings. The third-order valence-electron chi connectivity index (χ3n) is 2.84. The molecule has 114 valence electrons. The lowest BCUT2D eigenvalue weighted by Crippen LogP contribution is -2.42. The predicted octanol–water partition coefficient (Wildman–Crippen LogP) is 1.78. The lowest BCUT2D eigenvalue weighted by atomic mass is 10.1. The second-order valence-electron chi connectivity index (χ2n) is 4.62. The van der Waals surface area contributed by atoms with Gasteiger partial charge in [0, 0.05) is 19.4 Å². The highest BCUT2D eigenvalue weighted by Gasteiger charge is 2.19. The van der Waals surface area contributed by atoms with Crippen LogP contribution in [0.4, 0.5) is 0 Å². The molecule has 21 heavy (non-hydrogen) atoms. The van der Waals surface area contributed by atoms with Crippen LogP contribution in [0.25, 0.3) is 0 Å². The van der Waals surface area contributed by atoms with Gasteiger partial charge in [-0.15, -0.1) is 6.58 Å². The van der Waals surface area contributed by atoms with Crippen LogP contribution in [-0.2, 0) is 20.7 Å². The van der Waals surface area contributed by atoms with Crippen molar-refractivity contribution >= 4 is 11.9 Å². The van der Waals surface area contributed by atoms with Crippen LogP contribution >= 0.6 is 0 Å². The van der Waals surface area contributed by atoms with E-state index >= 15 is 0 Å². The molecule has 0 aromatic heterocycles. The summed E-state index contributed by atoms with van der Waals surface area (Å²) in [6, 6.07) is 8.31. The Balaban J connectivity index is 2.38. The second kappa shape index (κ2) is 9.72. The van der Waals surface area contributed by atoms with Crippen LogP contribution in [0.15, 0.2) is 43.0 Å². The van der Waals surface area contributed by atoms with Crippen molar-refractivity contribution in [1.29, 1.82) is 0 Å². The predicted molar refractivity (Wildman–Crippen MR) is 80.0 cm³/mol. The van der Waals surface area contributed by atoms with Crippen LogP contribution < -0.4 is 5.32 Å². The van der Waals surface area contributed by atoms with Crippen LogP contribution in [0, 0.1) is 0 Å². The number of nitrogens with one attached hydrogen (secondary N) is 1. The molecule has 1 aromatic carbocycles. The molecular weight excluding hydrogens is 270 g/mol. The molecule has 0 unspecified atom stereocenters. The first kappa shape index (κ1) is 16.9. The zero-order valence-corrected chi connectivity index (χ0v) is 12.0. The summed E-state index contributed by atoms with van der Waals surface area (Å²) >= 11 is 0. The number of carbonyl (C=O) groups is 2. The maximum absolute atomic E-state index is 11.7. The number of hydrogen-bond donors (Lipinski definition) is 2. The summed E-state index contributed by atoms with van der Waals surface area (Å²) in [4.78, 5) is 22.9. The summed E-state index contributed by atoms with van der Waals surface area (Å²) in [6.45, 7) is 4.43. The summed E-state index contributed by atoms with van der Waals surface area (Å²) in [6.07, 6.45) is 2.71. The highest BCUT2D eigenvalue weighted by Crippen LogP contribution is 2.04. The van der Waals surface area contributed by atoms with E-state index in [1.165, 1.54) is 0 Å². The number of ether oxygens (including phenoxy) is 1. The lowest BCUT2D eigenvalue weighted by molar-refractivity contribution is -0.141. The lowest BCUT2D eigenvalue weighted by Gasteiger charge is -2.14. The number of amides is 1. The number of carboxylic acids is 1. The Kier molecular flexibility index (Phi) is 7.82. The van der Waals surface area contributed by atoms with Crippen LogP contribution in [0.1, 0.15) is 18.4 Å². The summed E-state index contributed by atoms with van der Waals surface area (Å²) < 4.78 is 5.17. The summed E-state index contributed by atoms with van der Waals surface area (Å²) in [5.41, 5.74) is 0.875. The van der Waals surface area contributed by atoms with E-state index in [9.17, 15) is 14.7 Å². The Labute approximate surface area is 124 Å². The molecule has 0 radical (unpaired) electrons. The van der Waals surface area contributed by atoms with Gasteiger partial charge >= 0.3 is 5.97 Å². The van der Waals surface area contributed by atoms with Crippen molar-refractivity contribution in [2.45, 2.75) is 25.3 Å². The van der Waals surface area contributed by atoms with Gasteiger partial charge in [0.15, 0.2) is 0 Å². The van der Waals surface area contributed by atoms with Gasteiger partial charge in [-0.2, -0.15) is 0 Å². The van der Waals surface area contributed by atoms with Gasteiger partial charge in [-0.3, -0.25) is 4.79 Å². The van der Waals surface area contributed by atoms with Gasteiger partial charge < -0.3 is 15.2 Å². The third-order valence-corrected chi connectivity index (χ3v) is 2.84. The maximum Gasteiger partial charge on any atom is 0.326 e. The Morgan fingerprint density at radius 2 is 2.05 bits per heavy atom. The molecule has 0 aliphatic heterocycles. The average molecular weight is 291 g/mol. The minimum Gasteiger partial charge on any atom is -0.480 e. The van der Waals surface area contributed by atoms with Gasteiger partial charge in [0.25, 0.3) is 0 Å². The minimum atomic E-state index is -1.03. The van der Waals surface area contributed by atoms with Gasteiger partial charge in [0.2, 0.25) is 5.91 Å². The van der Waals surface area contributed by atoms with Crippen LogP contribution in [0.5, 0.6) is 0 Å². The highest BCUT2D eigenvalue weighted by molar-refractivity contribution is 5.83. The molecule has 1 amide bonds. The number of hydrogen-bond acceptors (Lipinski definition) is 3. The first-order chi connectivity index (χ1) is 10.1. The molecular formula is C16H21NO4. The molecule has 1 rings (SSSR count). The smallest absolute Gasteiger partial charge is 0.326 e. The Morgan fingerprint density at radius 1 is 1.33 bits per heavy atom. The monoisotopic (exact) mass is 291 g/mol. The van der Waals surface area contributed by atoms with E-state index in [0.717, 1.165) is 5.56 Å². The standard InChI is InChI=1S/C16H21NO4/c1-2-10-21-11-6-9-15(18)17-14(16(19)20)12-13-7-4-3-5-8-13/h2-5,7-8,14H,1,6,9-12H2,(H,17,18)(H,19,20)/t14-/m0/s1. The van der Waals surface area contributed by atoms with Crippen molar-refractivity contribution < 1.29 is 19.4 Å². The molecule has 0 fully saturated rings. The van der Waals surface area contributed by atoms with Crippen molar-refractivity contribution in [2.75, 3.05) is 13.2 Å². The summed E-state index contributed by atoms with van der Waals surface area (Å²) in [5.74, 6) is -1.31. The van der Waals surface area contributed by atoms with Gasteiger partial charge in [-0.05, 0) is 12.0 Å². The normalized spacial score (nSPS) is 11.6. The highest BCUT2D eigenvalue weighted by atomic mass is 16.5. The zero-order chi connectivity index (χ0) is 15.5. The first-order valence-electron chi connectivity index (χ1n) is 6.88. The number of benzene rings is 1. The van der Waals surface area contributed by atoms with Crippen LogP contribution in [0.2, 0.25) is 0 Å². The molecule has 0 aliphatic carbocycles. The Morgan fingerprint density at radius 3 is 2.67 bits per heavy atom. The van der Waals surface area contributed by atoms with E-state index < -0.39 is 12.0 Å². The average Bonchev–Trinajstić information content (AvgIpc) is 2.47. The fourth-order valence-corrected chi connectivity index (χ4v) is 1.82. The SMILES string of the molecule is C=CCOCCCC(=O)N[C@@H](Cc1ccccc1)C(=O)O. The molecule has 0 heterocycles. The maximum atomic E-state index is 11.7. The van der Waals surface area contributed by atoms with Crippen molar-refractivity contribution in [2.24, 2.45) is 0 Å². The number of carboxylic acid groups (broad SMARTS) is 1. The zero-order valence-electron chi connectivity index (χ0n) is 12.0. The number of carbonyl (C=O) groups excluding carboxylic acids is 1. The van der Waals surface area contributed by atoms with Gasteiger partial charge in [-0.1, -0.05) is 36.4 Å². The molecule has 1 aromatic rings. The van der Waals surface area contributed by atoms with E-state index in [-0.39, 0.29) is 18.7 Å². The topological polar surface area (TPSA) is 75.6 Å². The summed E-state index contributed by atoms with van der Waals surface area (Å²) in [7, 11) is 0. The van der Waals surface area contributed by atoms with E-state index in [4.69, 9.17) is 4.74 Å². The molecule has 0 saturated heterocycles. The van der Waals surface area contributed by atoms with Gasteiger partial charge in [0.1, 0.15) is 6.04 Å². The molecule has 0 bridgehead atoms. The van der Waals surface area contributed by atoms with Crippen molar-refractivity contribution in [3.05, 3.63) is 48.6 Å². The van der Waals surface area contributed by atoms with E-state index in [0.29, 0.717) is 19.6 Å². The van der Waals surface area contributed by atoms with Crippen molar-refractivity contribution in [3.63, 3.8) is 0 Å². The minimum absolute atomic E-state index is 0.246. The number of rotatable bonds is 10. The fraction of sp³-hybridized carbons (Fsp3) is 0.375. The molecule has 5 heteroatoms. The van der Waals surface area contributed by atoms with Gasteiger partial charge in [0.05, 0.1) is 6.61 Å². The molecule has 1 atom stereocenters. The van der Waals surface area contributed by atoms with Crippen LogP contribution in [-0.4, -0.2) is 36.2 Å². The van der Waals surface area contributed by atoms with Crippen molar-refractivity contribution in [1.82, 2.24) is 5.32 Å². The molecule has 0 spiro atoms. The number of aliphatic carboxylic acids is 1. The Bertz CT molecular complexity index is 459. The molecule has 2 N–H and O–H groups in total.